The average Bonchev–Trinajstić information content (AvgIpc) is 2.97. The van der Waals surface area contributed by atoms with Crippen molar-refractivity contribution in [2.45, 2.75) is 63.3 Å². The van der Waals surface area contributed by atoms with Crippen LogP contribution in [0.5, 0.6) is 0 Å². The van der Waals surface area contributed by atoms with Crippen LogP contribution in [0.25, 0.3) is 0 Å². The number of anilines is 1. The maximum absolute atomic E-state index is 12.8. The van der Waals surface area contributed by atoms with E-state index in [9.17, 15) is 14.9 Å². The molecule has 1 aromatic carbocycles. The van der Waals surface area contributed by atoms with E-state index in [4.69, 9.17) is 16.3 Å². The Morgan fingerprint density at radius 2 is 1.90 bits per heavy atom. The quantitative estimate of drug-likeness (QED) is 0.380. The van der Waals surface area contributed by atoms with Crippen molar-refractivity contribution in [1.29, 1.82) is 0 Å². The largest absolute Gasteiger partial charge is 0.441 e. The van der Waals surface area contributed by atoms with Crippen molar-refractivity contribution in [1.82, 2.24) is 9.88 Å². The first-order valence-electron chi connectivity index (χ1n) is 10.4. The molecular formula is C22H25ClN4O4. The predicted octanol–water partition coefficient (Wildman–Crippen LogP) is 5.34. The van der Waals surface area contributed by atoms with Crippen LogP contribution in [0.2, 0.25) is 5.15 Å². The summed E-state index contributed by atoms with van der Waals surface area (Å²) >= 11 is 5.93. The number of ether oxygens (including phenoxy) is 1. The number of cyclic esters (lactones) is 1. The second-order valence-electron chi connectivity index (χ2n) is 8.62. The summed E-state index contributed by atoms with van der Waals surface area (Å²) in [4.78, 5) is 29.3. The van der Waals surface area contributed by atoms with Crippen LogP contribution in [0, 0.1) is 10.1 Å². The highest BCUT2D eigenvalue weighted by molar-refractivity contribution is 6.29. The molecule has 31 heavy (non-hydrogen) atoms. The van der Waals surface area contributed by atoms with Crippen LogP contribution in [-0.2, 0) is 4.74 Å². The van der Waals surface area contributed by atoms with Crippen LogP contribution in [0.3, 0.4) is 0 Å². The molecule has 1 N–H and O–H groups in total. The minimum absolute atomic E-state index is 0.0496. The third kappa shape index (κ3) is 4.30. The van der Waals surface area contributed by atoms with Gasteiger partial charge >= 0.3 is 11.8 Å². The number of rotatable bonds is 5. The van der Waals surface area contributed by atoms with Crippen molar-refractivity contribution in [3.63, 3.8) is 0 Å². The highest BCUT2D eigenvalue weighted by Gasteiger charge is 2.51. The Hall–Kier alpha value is -2.87. The number of carbonyl (C=O) groups is 1. The van der Waals surface area contributed by atoms with Crippen LogP contribution >= 0.6 is 11.6 Å². The maximum Gasteiger partial charge on any atom is 0.411 e. The second-order valence-corrected chi connectivity index (χ2v) is 9.01. The van der Waals surface area contributed by atoms with E-state index >= 15 is 0 Å². The van der Waals surface area contributed by atoms with E-state index in [1.807, 2.05) is 49.1 Å². The molecule has 164 valence electrons. The summed E-state index contributed by atoms with van der Waals surface area (Å²) in [5, 5.41) is 14.7. The number of nitrogens with one attached hydrogen (secondary N) is 1. The van der Waals surface area contributed by atoms with Crippen molar-refractivity contribution in [3.05, 3.63) is 63.4 Å². The molecule has 1 aliphatic carbocycles. The summed E-state index contributed by atoms with van der Waals surface area (Å²) < 4.78 is 5.73. The number of benzene rings is 1. The first-order valence-corrected chi connectivity index (χ1v) is 10.8. The summed E-state index contributed by atoms with van der Waals surface area (Å²) in [6, 6.07) is 11.4. The minimum atomic E-state index is -0.623. The number of hydrogen-bond donors (Lipinski definition) is 1. The van der Waals surface area contributed by atoms with Gasteiger partial charge in [-0.1, -0.05) is 41.9 Å². The number of carbonyl (C=O) groups excluding carboxylic acids is 1. The molecule has 2 aliphatic rings. The van der Waals surface area contributed by atoms with Crippen molar-refractivity contribution >= 4 is 29.1 Å². The lowest BCUT2D eigenvalue weighted by Gasteiger charge is -2.38. The van der Waals surface area contributed by atoms with Crippen molar-refractivity contribution < 1.29 is 14.5 Å². The SMILES string of the molecule is CC1(C)OC(=O)N([C@H]2CC[C@H](Nc3cc(Cl)ncc3[N+](=O)[O-])CC2)C1c1ccccc1. The summed E-state index contributed by atoms with van der Waals surface area (Å²) in [6.07, 6.45) is 3.98. The fourth-order valence-electron chi connectivity index (χ4n) is 4.73. The molecule has 1 amide bonds. The molecule has 0 spiro atoms. The highest BCUT2D eigenvalue weighted by Crippen LogP contribution is 2.44. The third-order valence-corrected chi connectivity index (χ3v) is 6.32. The second kappa shape index (κ2) is 8.34. The topological polar surface area (TPSA) is 97.6 Å². The first kappa shape index (κ1) is 21.4. The van der Waals surface area contributed by atoms with E-state index in [1.54, 1.807) is 0 Å². The molecule has 2 fully saturated rings. The van der Waals surface area contributed by atoms with Gasteiger partial charge in [0.25, 0.3) is 0 Å². The number of nitro groups is 1. The lowest BCUT2D eigenvalue weighted by molar-refractivity contribution is -0.384. The van der Waals surface area contributed by atoms with Crippen LogP contribution in [-0.4, -0.2) is 38.6 Å². The molecule has 1 aromatic heterocycles. The predicted molar refractivity (Wildman–Crippen MR) is 117 cm³/mol. The third-order valence-electron chi connectivity index (χ3n) is 6.11. The number of aromatic nitrogens is 1. The van der Waals surface area contributed by atoms with Crippen molar-refractivity contribution in [2.75, 3.05) is 5.32 Å². The minimum Gasteiger partial charge on any atom is -0.441 e. The maximum atomic E-state index is 12.8. The molecule has 1 atom stereocenters. The van der Waals surface area contributed by atoms with Gasteiger partial charge in [-0.2, -0.15) is 0 Å². The molecule has 1 saturated heterocycles. The van der Waals surface area contributed by atoms with Crippen LogP contribution in [0.4, 0.5) is 16.2 Å². The molecule has 8 nitrogen and oxygen atoms in total. The van der Waals surface area contributed by atoms with E-state index in [1.165, 1.54) is 12.3 Å². The smallest absolute Gasteiger partial charge is 0.411 e. The molecular weight excluding hydrogens is 420 g/mol. The summed E-state index contributed by atoms with van der Waals surface area (Å²) in [7, 11) is 0. The number of halogens is 1. The van der Waals surface area contributed by atoms with Gasteiger partial charge in [0.2, 0.25) is 0 Å². The molecule has 1 aliphatic heterocycles. The number of pyridine rings is 1. The zero-order valence-corrected chi connectivity index (χ0v) is 18.2. The van der Waals surface area contributed by atoms with E-state index in [-0.39, 0.29) is 35.1 Å². The molecule has 0 radical (unpaired) electrons. The lowest BCUT2D eigenvalue weighted by Crippen LogP contribution is -2.44. The Morgan fingerprint density at radius 1 is 1.23 bits per heavy atom. The van der Waals surface area contributed by atoms with E-state index in [0.717, 1.165) is 31.2 Å². The lowest BCUT2D eigenvalue weighted by atomic mass is 9.86. The Labute approximate surface area is 185 Å². The summed E-state index contributed by atoms with van der Waals surface area (Å²) in [5.74, 6) is 0. The zero-order valence-electron chi connectivity index (χ0n) is 17.5. The molecule has 2 aromatic rings. The number of hydrogen-bond acceptors (Lipinski definition) is 6. The fourth-order valence-corrected chi connectivity index (χ4v) is 4.89. The van der Waals surface area contributed by atoms with Crippen molar-refractivity contribution in [3.8, 4) is 0 Å². The monoisotopic (exact) mass is 444 g/mol. The van der Waals surface area contributed by atoms with Crippen LogP contribution in [0.1, 0.15) is 51.1 Å². The van der Waals surface area contributed by atoms with Crippen LogP contribution in [0.15, 0.2) is 42.6 Å². The summed E-state index contributed by atoms with van der Waals surface area (Å²) in [5.41, 5.74) is 0.709. The molecule has 1 unspecified atom stereocenters. The Balaban J connectivity index is 1.48. The van der Waals surface area contributed by atoms with Crippen molar-refractivity contribution in [2.24, 2.45) is 0 Å². The number of nitrogens with zero attached hydrogens (tertiary/aromatic N) is 3. The normalized spacial score (nSPS) is 25.2. The molecule has 2 heterocycles. The Morgan fingerprint density at radius 3 is 2.55 bits per heavy atom. The van der Waals surface area contributed by atoms with Gasteiger partial charge in [-0.15, -0.1) is 0 Å². The molecule has 1 saturated carbocycles. The zero-order chi connectivity index (χ0) is 22.2. The summed E-state index contributed by atoms with van der Waals surface area (Å²) in [6.45, 7) is 3.89. The van der Waals surface area contributed by atoms with Gasteiger partial charge in [-0.05, 0) is 45.1 Å². The molecule has 4 rings (SSSR count). The van der Waals surface area contributed by atoms with Crippen LogP contribution < -0.4 is 5.32 Å². The van der Waals surface area contributed by atoms with Gasteiger partial charge in [-0.25, -0.2) is 9.78 Å². The molecule has 9 heteroatoms. The van der Waals surface area contributed by atoms with Gasteiger partial charge in [0, 0.05) is 18.2 Å². The first-order chi connectivity index (χ1) is 14.8. The van der Waals surface area contributed by atoms with Gasteiger partial charge < -0.3 is 10.1 Å². The highest BCUT2D eigenvalue weighted by atomic mass is 35.5. The Bertz CT molecular complexity index is 977. The van der Waals surface area contributed by atoms with Gasteiger partial charge in [0.15, 0.2) is 0 Å². The average molecular weight is 445 g/mol. The van der Waals surface area contributed by atoms with Gasteiger partial charge in [-0.3, -0.25) is 15.0 Å². The fraction of sp³-hybridized carbons (Fsp3) is 0.455. The van der Waals surface area contributed by atoms with E-state index in [0.29, 0.717) is 5.69 Å². The standard InChI is InChI=1S/C22H25ClN4O4/c1-22(2)20(14-6-4-3-5-7-14)26(21(28)31-22)16-10-8-15(9-11-16)25-17-12-19(23)24-13-18(17)27(29)30/h3-7,12-13,15-16,20H,8-11H2,1-2H3,(H,24,25)/t15-,16-,20?. The molecule has 0 bridgehead atoms. The number of amides is 1. The van der Waals surface area contributed by atoms with Gasteiger partial charge in [0.05, 0.1) is 11.0 Å². The van der Waals surface area contributed by atoms with E-state index < -0.39 is 10.5 Å². The van der Waals surface area contributed by atoms with E-state index in [2.05, 4.69) is 10.3 Å². The Kier molecular flexibility index (Phi) is 5.75. The van der Waals surface area contributed by atoms with Gasteiger partial charge in [0.1, 0.15) is 22.6 Å².